The normalized spacial score (nSPS) is 25.8. The van der Waals surface area contributed by atoms with Gasteiger partial charge in [-0.15, -0.1) is 0 Å². The Bertz CT molecular complexity index is 586. The molecule has 1 heterocycles. The molecule has 2 fully saturated rings. The molecule has 1 saturated heterocycles. The average Bonchev–Trinajstić information content (AvgIpc) is 2.48. The van der Waals surface area contributed by atoms with Crippen LogP contribution in [-0.4, -0.2) is 58.6 Å². The van der Waals surface area contributed by atoms with E-state index in [4.69, 9.17) is 5.11 Å². The lowest BCUT2D eigenvalue weighted by Crippen LogP contribution is -2.58. The highest BCUT2D eigenvalue weighted by Gasteiger charge is 2.38. The molecule has 6 heteroatoms. The quantitative estimate of drug-likeness (QED) is 0.837. The summed E-state index contributed by atoms with van der Waals surface area (Å²) in [6.45, 7) is 3.56. The molecule has 1 aliphatic carbocycles. The van der Waals surface area contributed by atoms with E-state index in [2.05, 4.69) is 17.4 Å². The molecule has 1 atom stereocenters. The van der Waals surface area contributed by atoms with Crippen molar-refractivity contribution >= 4 is 12.0 Å². The molecule has 3 rings (SSSR count). The summed E-state index contributed by atoms with van der Waals surface area (Å²) in [5.41, 5.74) is 1.18. The lowest BCUT2D eigenvalue weighted by atomic mass is 9.85. The summed E-state index contributed by atoms with van der Waals surface area (Å²) in [7, 11) is 0. The van der Waals surface area contributed by atoms with Crippen LogP contribution in [0.1, 0.15) is 37.8 Å². The highest BCUT2D eigenvalue weighted by molar-refractivity contribution is 5.76. The van der Waals surface area contributed by atoms with Gasteiger partial charge in [0.15, 0.2) is 0 Å². The molecule has 130 valence electrons. The predicted molar refractivity (Wildman–Crippen MR) is 90.7 cm³/mol. The standard InChI is InChI=1S/C18H25N3O3/c1-2-20(12-17(22)23)15-10-14(11-15)19-18(24)21-9-8-16(21)13-6-4-3-5-7-13/h3-7,14-16H,2,8-12H2,1H3,(H,19,24)(H,22,23). The Hall–Kier alpha value is -2.08. The van der Waals surface area contributed by atoms with Crippen molar-refractivity contribution in [2.24, 2.45) is 0 Å². The number of urea groups is 1. The van der Waals surface area contributed by atoms with Gasteiger partial charge in [0.05, 0.1) is 12.6 Å². The summed E-state index contributed by atoms with van der Waals surface area (Å²) >= 11 is 0. The van der Waals surface area contributed by atoms with Crippen LogP contribution in [0.2, 0.25) is 0 Å². The first-order valence-electron chi connectivity index (χ1n) is 8.66. The molecule has 1 saturated carbocycles. The van der Waals surface area contributed by atoms with E-state index in [1.165, 1.54) is 5.56 Å². The Balaban J connectivity index is 1.46. The van der Waals surface area contributed by atoms with Crippen molar-refractivity contribution in [2.75, 3.05) is 19.6 Å². The van der Waals surface area contributed by atoms with Crippen LogP contribution in [0.25, 0.3) is 0 Å². The van der Waals surface area contributed by atoms with Crippen LogP contribution in [-0.2, 0) is 4.79 Å². The fraction of sp³-hybridized carbons (Fsp3) is 0.556. The average molecular weight is 331 g/mol. The molecule has 1 aliphatic heterocycles. The van der Waals surface area contributed by atoms with Gasteiger partial charge in [0, 0.05) is 18.6 Å². The zero-order valence-electron chi connectivity index (χ0n) is 14.0. The van der Waals surface area contributed by atoms with E-state index in [0.717, 1.165) is 32.4 Å². The van der Waals surface area contributed by atoms with E-state index in [0.29, 0.717) is 0 Å². The van der Waals surface area contributed by atoms with Gasteiger partial charge < -0.3 is 15.3 Å². The number of amides is 2. The number of rotatable bonds is 6. The number of carboxylic acid groups (broad SMARTS) is 1. The Labute approximate surface area is 142 Å². The molecule has 2 amide bonds. The highest BCUT2D eigenvalue weighted by atomic mass is 16.4. The topological polar surface area (TPSA) is 72.9 Å². The third-order valence-corrected chi connectivity index (χ3v) is 5.17. The maximum atomic E-state index is 12.4. The largest absolute Gasteiger partial charge is 0.480 e. The van der Waals surface area contributed by atoms with Crippen molar-refractivity contribution < 1.29 is 14.7 Å². The molecule has 0 aromatic heterocycles. The van der Waals surface area contributed by atoms with Gasteiger partial charge in [-0.05, 0) is 31.4 Å². The van der Waals surface area contributed by atoms with Gasteiger partial charge in [-0.1, -0.05) is 37.3 Å². The summed E-state index contributed by atoms with van der Waals surface area (Å²) in [6.07, 6.45) is 2.67. The second-order valence-electron chi connectivity index (χ2n) is 6.64. The second-order valence-corrected chi connectivity index (χ2v) is 6.64. The van der Waals surface area contributed by atoms with Crippen LogP contribution in [0.5, 0.6) is 0 Å². The molecular weight excluding hydrogens is 306 g/mol. The summed E-state index contributed by atoms with van der Waals surface area (Å²) in [4.78, 5) is 27.2. The number of likely N-dealkylation sites (N-methyl/N-ethyl adjacent to an activating group) is 1. The minimum Gasteiger partial charge on any atom is -0.480 e. The van der Waals surface area contributed by atoms with Gasteiger partial charge in [0.25, 0.3) is 0 Å². The number of likely N-dealkylation sites (tertiary alicyclic amines) is 1. The molecular formula is C18H25N3O3. The van der Waals surface area contributed by atoms with Crippen LogP contribution in [0, 0.1) is 0 Å². The van der Waals surface area contributed by atoms with Crippen LogP contribution < -0.4 is 5.32 Å². The number of carbonyl (C=O) groups is 2. The Morgan fingerprint density at radius 3 is 2.54 bits per heavy atom. The zero-order chi connectivity index (χ0) is 17.1. The van der Waals surface area contributed by atoms with E-state index in [9.17, 15) is 9.59 Å². The number of nitrogens with one attached hydrogen (secondary N) is 1. The van der Waals surface area contributed by atoms with Crippen molar-refractivity contribution in [3.8, 4) is 0 Å². The van der Waals surface area contributed by atoms with Gasteiger partial charge in [0.1, 0.15) is 0 Å². The first-order chi connectivity index (χ1) is 11.6. The highest BCUT2D eigenvalue weighted by Crippen LogP contribution is 2.33. The number of carboxylic acids is 1. The maximum Gasteiger partial charge on any atom is 0.318 e. The summed E-state index contributed by atoms with van der Waals surface area (Å²) in [5, 5.41) is 12.0. The van der Waals surface area contributed by atoms with Gasteiger partial charge in [-0.3, -0.25) is 9.69 Å². The number of nitrogens with zero attached hydrogens (tertiary/aromatic N) is 2. The molecule has 6 nitrogen and oxygen atoms in total. The van der Waals surface area contributed by atoms with Crippen LogP contribution in [0.4, 0.5) is 4.79 Å². The van der Waals surface area contributed by atoms with E-state index >= 15 is 0 Å². The first kappa shape index (κ1) is 16.8. The molecule has 2 aliphatic rings. The van der Waals surface area contributed by atoms with Crippen LogP contribution in [0.3, 0.4) is 0 Å². The summed E-state index contributed by atoms with van der Waals surface area (Å²) in [6, 6.07) is 10.7. The van der Waals surface area contributed by atoms with Crippen molar-refractivity contribution in [1.82, 2.24) is 15.1 Å². The zero-order valence-corrected chi connectivity index (χ0v) is 14.0. The minimum atomic E-state index is -0.796. The van der Waals surface area contributed by atoms with Crippen molar-refractivity contribution in [3.63, 3.8) is 0 Å². The Morgan fingerprint density at radius 2 is 2.00 bits per heavy atom. The number of aliphatic carboxylic acids is 1. The second kappa shape index (κ2) is 7.21. The van der Waals surface area contributed by atoms with E-state index < -0.39 is 5.97 Å². The maximum absolute atomic E-state index is 12.4. The van der Waals surface area contributed by atoms with Crippen molar-refractivity contribution in [1.29, 1.82) is 0 Å². The van der Waals surface area contributed by atoms with Gasteiger partial charge in [-0.2, -0.15) is 0 Å². The molecule has 1 aromatic carbocycles. The summed E-state index contributed by atoms with van der Waals surface area (Å²) in [5.74, 6) is -0.796. The molecule has 0 radical (unpaired) electrons. The van der Waals surface area contributed by atoms with Crippen molar-refractivity contribution in [3.05, 3.63) is 35.9 Å². The SMILES string of the molecule is CCN(CC(=O)O)C1CC(NC(=O)N2CCC2c2ccccc2)C1. The van der Waals surface area contributed by atoms with E-state index in [1.54, 1.807) is 0 Å². The molecule has 0 bridgehead atoms. The predicted octanol–water partition coefficient (Wildman–Crippen LogP) is 2.08. The molecule has 1 unspecified atom stereocenters. The van der Waals surface area contributed by atoms with Gasteiger partial charge in [0.2, 0.25) is 0 Å². The lowest BCUT2D eigenvalue weighted by molar-refractivity contribution is -0.139. The number of hydrogen-bond donors (Lipinski definition) is 2. The minimum absolute atomic E-state index is 0.000152. The smallest absolute Gasteiger partial charge is 0.318 e. The Morgan fingerprint density at radius 1 is 1.29 bits per heavy atom. The lowest BCUT2D eigenvalue weighted by Gasteiger charge is -2.46. The third kappa shape index (κ3) is 3.53. The van der Waals surface area contributed by atoms with E-state index in [1.807, 2.05) is 34.9 Å². The van der Waals surface area contributed by atoms with E-state index in [-0.39, 0.29) is 30.7 Å². The van der Waals surface area contributed by atoms with Crippen molar-refractivity contribution in [2.45, 2.75) is 44.3 Å². The first-order valence-corrected chi connectivity index (χ1v) is 8.66. The third-order valence-electron chi connectivity index (χ3n) is 5.17. The van der Waals surface area contributed by atoms with Crippen LogP contribution in [0.15, 0.2) is 30.3 Å². The number of hydrogen-bond acceptors (Lipinski definition) is 3. The molecule has 24 heavy (non-hydrogen) atoms. The van der Waals surface area contributed by atoms with Gasteiger partial charge >= 0.3 is 12.0 Å². The molecule has 0 spiro atoms. The summed E-state index contributed by atoms with van der Waals surface area (Å²) < 4.78 is 0. The number of carbonyl (C=O) groups excluding carboxylic acids is 1. The monoisotopic (exact) mass is 331 g/mol. The van der Waals surface area contributed by atoms with Crippen LogP contribution >= 0.6 is 0 Å². The number of benzene rings is 1. The fourth-order valence-electron chi connectivity index (χ4n) is 3.59. The Kier molecular flexibility index (Phi) is 5.04. The molecule has 2 N–H and O–H groups in total. The fourth-order valence-corrected chi connectivity index (χ4v) is 3.59. The van der Waals surface area contributed by atoms with Gasteiger partial charge in [-0.25, -0.2) is 4.79 Å². The molecule has 1 aromatic rings.